The van der Waals surface area contributed by atoms with Gasteiger partial charge in [-0.3, -0.25) is 4.99 Å². The van der Waals surface area contributed by atoms with E-state index in [9.17, 15) is 0 Å². The van der Waals surface area contributed by atoms with Crippen LogP contribution in [0.5, 0.6) is 0 Å². The van der Waals surface area contributed by atoms with Crippen molar-refractivity contribution >= 4 is 6.34 Å². The third-order valence-electron chi connectivity index (χ3n) is 1.83. The summed E-state index contributed by atoms with van der Waals surface area (Å²) in [5.41, 5.74) is 0. The minimum absolute atomic E-state index is 0.478. The molecule has 0 saturated heterocycles. The van der Waals surface area contributed by atoms with E-state index in [2.05, 4.69) is 34.2 Å². The third kappa shape index (κ3) is 0.856. The summed E-state index contributed by atoms with van der Waals surface area (Å²) in [5.74, 6) is 0. The SMILES string of the molecule is C1=CC(N2C=NCC2)C=C1. The summed E-state index contributed by atoms with van der Waals surface area (Å²) >= 11 is 0. The molecule has 1 heterocycles. The van der Waals surface area contributed by atoms with Gasteiger partial charge in [0.1, 0.15) is 0 Å². The summed E-state index contributed by atoms with van der Waals surface area (Å²) in [6.07, 6.45) is 10.5. The van der Waals surface area contributed by atoms with Crippen LogP contribution in [-0.4, -0.2) is 30.4 Å². The average molecular weight is 134 g/mol. The lowest BCUT2D eigenvalue weighted by atomic mass is 10.3. The van der Waals surface area contributed by atoms with E-state index in [1.54, 1.807) is 0 Å². The van der Waals surface area contributed by atoms with Crippen LogP contribution in [0.15, 0.2) is 29.3 Å². The molecule has 0 radical (unpaired) electrons. The maximum Gasteiger partial charge on any atom is 0.0858 e. The predicted octanol–water partition coefficient (Wildman–Crippen LogP) is 0.825. The zero-order chi connectivity index (χ0) is 6.81. The van der Waals surface area contributed by atoms with Gasteiger partial charge in [0.15, 0.2) is 0 Å². The first-order valence-corrected chi connectivity index (χ1v) is 3.57. The Bertz CT molecular complexity index is 191. The van der Waals surface area contributed by atoms with Crippen molar-refractivity contribution in [2.24, 2.45) is 4.99 Å². The van der Waals surface area contributed by atoms with Crippen molar-refractivity contribution in [3.05, 3.63) is 24.3 Å². The van der Waals surface area contributed by atoms with Crippen molar-refractivity contribution < 1.29 is 0 Å². The molecule has 0 aromatic rings. The van der Waals surface area contributed by atoms with Crippen LogP contribution >= 0.6 is 0 Å². The normalized spacial score (nSPS) is 23.4. The van der Waals surface area contributed by atoms with E-state index in [0.29, 0.717) is 6.04 Å². The highest BCUT2D eigenvalue weighted by Gasteiger charge is 2.13. The van der Waals surface area contributed by atoms with Gasteiger partial charge >= 0.3 is 0 Å². The number of nitrogens with zero attached hydrogens (tertiary/aromatic N) is 2. The fourth-order valence-electron chi connectivity index (χ4n) is 1.26. The summed E-state index contributed by atoms with van der Waals surface area (Å²) < 4.78 is 0. The van der Waals surface area contributed by atoms with Crippen LogP contribution < -0.4 is 0 Å². The largest absolute Gasteiger partial charge is 0.351 e. The molecule has 10 heavy (non-hydrogen) atoms. The molecule has 2 heteroatoms. The van der Waals surface area contributed by atoms with E-state index in [1.807, 2.05) is 6.34 Å². The first-order chi connectivity index (χ1) is 4.97. The highest BCUT2D eigenvalue weighted by Crippen LogP contribution is 2.09. The van der Waals surface area contributed by atoms with E-state index < -0.39 is 0 Å². The number of aliphatic imine (C=N–C) groups is 1. The fraction of sp³-hybridized carbons (Fsp3) is 0.375. The first-order valence-electron chi connectivity index (χ1n) is 3.57. The van der Waals surface area contributed by atoms with E-state index in [4.69, 9.17) is 0 Å². The lowest BCUT2D eigenvalue weighted by molar-refractivity contribution is 0.454. The monoisotopic (exact) mass is 134 g/mol. The second kappa shape index (κ2) is 2.29. The van der Waals surface area contributed by atoms with Gasteiger partial charge in [-0.15, -0.1) is 0 Å². The molecule has 0 aromatic heterocycles. The van der Waals surface area contributed by atoms with Crippen molar-refractivity contribution in [1.82, 2.24) is 4.90 Å². The Morgan fingerprint density at radius 2 is 2.10 bits per heavy atom. The van der Waals surface area contributed by atoms with Crippen LogP contribution in [0.3, 0.4) is 0 Å². The van der Waals surface area contributed by atoms with E-state index in [1.165, 1.54) is 0 Å². The Kier molecular flexibility index (Phi) is 1.31. The van der Waals surface area contributed by atoms with Crippen LogP contribution in [0.25, 0.3) is 0 Å². The highest BCUT2D eigenvalue weighted by molar-refractivity contribution is 5.59. The molecule has 0 amide bonds. The summed E-state index contributed by atoms with van der Waals surface area (Å²) in [6.45, 7) is 2.03. The van der Waals surface area contributed by atoms with Gasteiger partial charge in [-0.25, -0.2) is 0 Å². The van der Waals surface area contributed by atoms with Crippen LogP contribution in [-0.2, 0) is 0 Å². The molecule has 2 rings (SSSR count). The number of hydrogen-bond acceptors (Lipinski definition) is 2. The molecular formula is C8H10N2. The maximum absolute atomic E-state index is 4.14. The molecule has 1 aliphatic heterocycles. The minimum Gasteiger partial charge on any atom is -0.351 e. The van der Waals surface area contributed by atoms with Gasteiger partial charge in [-0.1, -0.05) is 24.3 Å². The van der Waals surface area contributed by atoms with Crippen LogP contribution in [0.1, 0.15) is 0 Å². The van der Waals surface area contributed by atoms with Crippen LogP contribution in [0.2, 0.25) is 0 Å². The first kappa shape index (κ1) is 5.71. The lowest BCUT2D eigenvalue weighted by Gasteiger charge is -2.18. The van der Waals surface area contributed by atoms with Gasteiger partial charge in [0.25, 0.3) is 0 Å². The summed E-state index contributed by atoms with van der Waals surface area (Å²) in [6, 6.07) is 0.478. The molecule has 1 aliphatic carbocycles. The number of rotatable bonds is 1. The zero-order valence-electron chi connectivity index (χ0n) is 5.77. The lowest BCUT2D eigenvalue weighted by Crippen LogP contribution is -2.28. The third-order valence-corrected chi connectivity index (χ3v) is 1.83. The van der Waals surface area contributed by atoms with Gasteiger partial charge in [0, 0.05) is 6.54 Å². The quantitative estimate of drug-likeness (QED) is 0.518. The van der Waals surface area contributed by atoms with Gasteiger partial charge in [0.2, 0.25) is 0 Å². The Labute approximate surface area is 60.6 Å². The van der Waals surface area contributed by atoms with Gasteiger partial charge in [0.05, 0.1) is 18.9 Å². The van der Waals surface area contributed by atoms with E-state index in [0.717, 1.165) is 13.1 Å². The maximum atomic E-state index is 4.14. The summed E-state index contributed by atoms with van der Waals surface area (Å²) in [4.78, 5) is 6.38. The molecule has 0 aromatic carbocycles. The number of allylic oxidation sites excluding steroid dienone is 2. The molecule has 0 bridgehead atoms. The highest BCUT2D eigenvalue weighted by atomic mass is 15.2. The molecule has 2 aliphatic rings. The predicted molar refractivity (Wildman–Crippen MR) is 42.1 cm³/mol. The zero-order valence-corrected chi connectivity index (χ0v) is 5.77. The Balaban J connectivity index is 2.05. The van der Waals surface area contributed by atoms with Crippen LogP contribution in [0.4, 0.5) is 0 Å². The van der Waals surface area contributed by atoms with E-state index >= 15 is 0 Å². The van der Waals surface area contributed by atoms with Crippen molar-refractivity contribution in [3.63, 3.8) is 0 Å². The second-order valence-corrected chi connectivity index (χ2v) is 2.52. The minimum atomic E-state index is 0.478. The smallest absolute Gasteiger partial charge is 0.0858 e. The van der Waals surface area contributed by atoms with Crippen LogP contribution in [0, 0.1) is 0 Å². The molecule has 0 atom stereocenters. The van der Waals surface area contributed by atoms with Gasteiger partial charge in [-0.2, -0.15) is 0 Å². The van der Waals surface area contributed by atoms with Gasteiger partial charge < -0.3 is 4.90 Å². The molecule has 52 valence electrons. The fourth-order valence-corrected chi connectivity index (χ4v) is 1.26. The van der Waals surface area contributed by atoms with Crippen molar-refractivity contribution in [2.75, 3.05) is 13.1 Å². The van der Waals surface area contributed by atoms with Crippen molar-refractivity contribution in [1.29, 1.82) is 0 Å². The van der Waals surface area contributed by atoms with E-state index in [-0.39, 0.29) is 0 Å². The van der Waals surface area contributed by atoms with Crippen molar-refractivity contribution in [3.8, 4) is 0 Å². The Morgan fingerprint density at radius 3 is 2.70 bits per heavy atom. The second-order valence-electron chi connectivity index (χ2n) is 2.52. The average Bonchev–Trinajstić information content (AvgIpc) is 2.59. The molecule has 0 spiro atoms. The number of hydrogen-bond donors (Lipinski definition) is 0. The van der Waals surface area contributed by atoms with Gasteiger partial charge in [-0.05, 0) is 0 Å². The molecule has 2 nitrogen and oxygen atoms in total. The Hall–Kier alpha value is -1.05. The topological polar surface area (TPSA) is 15.6 Å². The summed E-state index contributed by atoms with van der Waals surface area (Å²) in [7, 11) is 0. The summed E-state index contributed by atoms with van der Waals surface area (Å²) in [5, 5.41) is 0. The molecule has 0 saturated carbocycles. The molecule has 0 unspecified atom stereocenters. The molecular weight excluding hydrogens is 124 g/mol. The standard InChI is InChI=1S/C8H10N2/c1-2-4-8(3-1)10-6-5-9-7-10/h1-4,7-8H,5-6H2. The molecule has 0 fully saturated rings. The Morgan fingerprint density at radius 1 is 1.30 bits per heavy atom. The van der Waals surface area contributed by atoms with Crippen molar-refractivity contribution in [2.45, 2.75) is 6.04 Å². The molecule has 0 N–H and O–H groups in total.